The first-order valence-electron chi connectivity index (χ1n) is 13.4. The number of nitrogens with two attached hydrogens (primary N) is 1. The molecule has 1 atom stereocenters. The highest BCUT2D eigenvalue weighted by Gasteiger charge is 2.41. The molecule has 1 aliphatic heterocycles. The molecule has 3 heterocycles. The van der Waals surface area contributed by atoms with Crippen molar-refractivity contribution in [3.63, 3.8) is 0 Å². The summed E-state index contributed by atoms with van der Waals surface area (Å²) in [6, 6.07) is 7.37. The minimum Gasteiger partial charge on any atom is -0.398 e. The first-order chi connectivity index (χ1) is 19.4. The van der Waals surface area contributed by atoms with E-state index in [1.807, 2.05) is 27.0 Å². The van der Waals surface area contributed by atoms with E-state index in [0.717, 1.165) is 30.2 Å². The Morgan fingerprint density at radius 3 is 2.68 bits per heavy atom. The molecule has 9 nitrogen and oxygen atoms in total. The Morgan fingerprint density at radius 2 is 2.02 bits per heavy atom. The number of aromatic nitrogens is 2. The molecule has 0 spiro atoms. The first-order valence-corrected chi connectivity index (χ1v) is 14.2. The number of benzene rings is 1. The van der Waals surface area contributed by atoms with Gasteiger partial charge in [0.15, 0.2) is 5.82 Å². The molecule has 41 heavy (non-hydrogen) atoms. The summed E-state index contributed by atoms with van der Waals surface area (Å²) in [5, 5.41) is 9.53. The van der Waals surface area contributed by atoms with Gasteiger partial charge in [0.05, 0.1) is 16.3 Å². The van der Waals surface area contributed by atoms with Crippen molar-refractivity contribution in [3.05, 3.63) is 68.8 Å². The third kappa shape index (κ3) is 5.94. The predicted molar refractivity (Wildman–Crippen MR) is 156 cm³/mol. The number of nitrogens with one attached hydrogen (secondary N) is 2. The summed E-state index contributed by atoms with van der Waals surface area (Å²) in [6.07, 6.45) is 1.94. The Balaban J connectivity index is 1.36. The molecule has 1 aliphatic carbocycles. The van der Waals surface area contributed by atoms with Gasteiger partial charge in [0.1, 0.15) is 17.7 Å². The van der Waals surface area contributed by atoms with Crippen molar-refractivity contribution in [1.29, 1.82) is 0 Å². The molecule has 12 heteroatoms. The van der Waals surface area contributed by atoms with Gasteiger partial charge in [-0.05, 0) is 61.8 Å². The normalized spacial score (nSPS) is 18.6. The Hall–Kier alpha value is -3.90. The van der Waals surface area contributed by atoms with E-state index in [9.17, 15) is 18.4 Å². The summed E-state index contributed by atoms with van der Waals surface area (Å²) in [5.74, 6) is -1.31. The van der Waals surface area contributed by atoms with Gasteiger partial charge in [-0.2, -0.15) is 5.10 Å². The van der Waals surface area contributed by atoms with E-state index >= 15 is 0 Å². The Labute approximate surface area is 241 Å². The summed E-state index contributed by atoms with van der Waals surface area (Å²) in [7, 11) is 3.31. The van der Waals surface area contributed by atoms with Gasteiger partial charge in [-0.15, -0.1) is 11.3 Å². The summed E-state index contributed by atoms with van der Waals surface area (Å²) in [4.78, 5) is 33.4. The van der Waals surface area contributed by atoms with Gasteiger partial charge in [-0.25, -0.2) is 13.8 Å². The van der Waals surface area contributed by atoms with E-state index in [2.05, 4.69) is 25.6 Å². The first kappa shape index (κ1) is 28.6. The van der Waals surface area contributed by atoms with Gasteiger partial charge >= 0.3 is 0 Å². The minimum atomic E-state index is -1.16. The van der Waals surface area contributed by atoms with Gasteiger partial charge < -0.3 is 16.4 Å². The second kappa shape index (κ2) is 11.2. The summed E-state index contributed by atoms with van der Waals surface area (Å²) >= 11 is 1.22. The lowest BCUT2D eigenvalue weighted by Gasteiger charge is -2.30. The summed E-state index contributed by atoms with van der Waals surface area (Å²) < 4.78 is 31.2. The molecule has 4 N–H and O–H groups in total. The molecular formula is C29H33F2N7O2S. The number of aryl methyl sites for hydroxylation is 1. The highest BCUT2D eigenvalue weighted by molar-refractivity contribution is 7.14. The van der Waals surface area contributed by atoms with Crippen LogP contribution in [0.1, 0.15) is 57.8 Å². The van der Waals surface area contributed by atoms with Crippen molar-refractivity contribution in [2.75, 3.05) is 25.5 Å². The number of halogens is 2. The second-order valence-electron chi connectivity index (χ2n) is 11.1. The van der Waals surface area contributed by atoms with E-state index in [0.29, 0.717) is 28.2 Å². The fraction of sp³-hybridized carbons (Fsp3) is 0.379. The molecule has 5 rings (SSSR count). The number of thiophene rings is 1. The number of alkyl halides is 1. The lowest BCUT2D eigenvalue weighted by atomic mass is 9.89. The lowest BCUT2D eigenvalue weighted by Crippen LogP contribution is -2.36. The van der Waals surface area contributed by atoms with Crippen LogP contribution < -0.4 is 16.4 Å². The molecule has 216 valence electrons. The number of carbonyl (C=O) groups excluding carboxylic acids is 2. The quantitative estimate of drug-likeness (QED) is 0.339. The number of amides is 2. The van der Waals surface area contributed by atoms with Crippen LogP contribution in [-0.2, 0) is 24.8 Å². The molecule has 2 amide bonds. The van der Waals surface area contributed by atoms with Crippen molar-refractivity contribution in [3.8, 4) is 0 Å². The van der Waals surface area contributed by atoms with E-state index in [1.54, 1.807) is 10.7 Å². The van der Waals surface area contributed by atoms with E-state index in [-0.39, 0.29) is 17.1 Å². The zero-order valence-electron chi connectivity index (χ0n) is 23.4. The molecule has 2 aliphatic rings. The molecular weight excluding hydrogens is 548 g/mol. The van der Waals surface area contributed by atoms with Crippen molar-refractivity contribution in [2.24, 2.45) is 23.2 Å². The van der Waals surface area contributed by atoms with Crippen LogP contribution in [0.3, 0.4) is 0 Å². The zero-order valence-corrected chi connectivity index (χ0v) is 24.2. The maximum atomic E-state index is 14.8. The van der Waals surface area contributed by atoms with Gasteiger partial charge in [0.25, 0.3) is 11.8 Å². The minimum absolute atomic E-state index is 0.0188. The third-order valence-corrected chi connectivity index (χ3v) is 8.62. The fourth-order valence-electron chi connectivity index (χ4n) is 4.91. The SMILES string of the molecule is CNC(=O)C(C=C(N)c1ccc(F)c(NC(=O)c2cc3c(s2)CC(C)(C)[C@@H]3F)c1)=Nc1cc(CN2CCC2)n(C)n1. The zero-order chi connectivity index (χ0) is 29.5. The molecule has 1 fully saturated rings. The number of fused-ring (bicyclic) bond motifs is 1. The van der Waals surface area contributed by atoms with E-state index < -0.39 is 29.2 Å². The van der Waals surface area contributed by atoms with Gasteiger partial charge in [-0.3, -0.25) is 19.2 Å². The Kier molecular flexibility index (Phi) is 7.80. The number of hydrogen-bond acceptors (Lipinski definition) is 7. The highest BCUT2D eigenvalue weighted by atomic mass is 32.1. The van der Waals surface area contributed by atoms with Crippen LogP contribution in [-0.4, -0.2) is 52.3 Å². The Bertz CT molecular complexity index is 1570. The number of hydrogen-bond donors (Lipinski definition) is 3. The topological polar surface area (TPSA) is 118 Å². The van der Waals surface area contributed by atoms with Crippen LogP contribution in [0.4, 0.5) is 20.3 Å². The van der Waals surface area contributed by atoms with Crippen LogP contribution in [0.15, 0.2) is 41.4 Å². The number of nitrogens with zero attached hydrogens (tertiary/aromatic N) is 4. The van der Waals surface area contributed by atoms with Gasteiger partial charge in [-0.1, -0.05) is 13.8 Å². The van der Waals surface area contributed by atoms with Crippen LogP contribution >= 0.6 is 11.3 Å². The molecule has 2 aromatic heterocycles. The molecule has 0 unspecified atom stereocenters. The second-order valence-corrected chi connectivity index (χ2v) is 12.2. The van der Waals surface area contributed by atoms with Crippen LogP contribution in [0.2, 0.25) is 0 Å². The van der Waals surface area contributed by atoms with E-state index in [1.165, 1.54) is 49.1 Å². The largest absolute Gasteiger partial charge is 0.398 e. The Morgan fingerprint density at radius 1 is 1.27 bits per heavy atom. The molecule has 0 saturated carbocycles. The number of aliphatic imine (C=N–C) groups is 1. The molecule has 3 aromatic rings. The van der Waals surface area contributed by atoms with Crippen molar-refractivity contribution in [1.82, 2.24) is 20.0 Å². The standard InChI is InChI=1S/C29H33F2N7O2S/c1-29(2)14-24-18(26(29)31)12-23(41-24)28(40)35-21-10-16(6-7-19(21)30)20(32)13-22(27(39)33-3)34-25-11-17(37(4)36-25)15-38-8-5-9-38/h6-7,10-13,26H,5,8-9,14-15,32H2,1-4H3,(H,33,39)(H,35,40)/t26-/m1/s1. The number of carbonyl (C=O) groups is 2. The third-order valence-electron chi connectivity index (χ3n) is 7.47. The molecule has 1 saturated heterocycles. The highest BCUT2D eigenvalue weighted by Crippen LogP contribution is 2.50. The van der Waals surface area contributed by atoms with Gasteiger partial charge in [0.2, 0.25) is 0 Å². The molecule has 1 aromatic carbocycles. The van der Waals surface area contributed by atoms with Crippen molar-refractivity contribution in [2.45, 2.75) is 39.4 Å². The lowest BCUT2D eigenvalue weighted by molar-refractivity contribution is -0.114. The average Bonchev–Trinajstić information content (AvgIpc) is 3.53. The monoisotopic (exact) mass is 581 g/mol. The average molecular weight is 582 g/mol. The van der Waals surface area contributed by atoms with Crippen LogP contribution in [0.25, 0.3) is 5.70 Å². The molecule has 0 bridgehead atoms. The summed E-state index contributed by atoms with van der Waals surface area (Å²) in [5.41, 5.74) is 7.73. The summed E-state index contributed by atoms with van der Waals surface area (Å²) in [6.45, 7) is 6.53. The number of likely N-dealkylation sites (tertiary alicyclic amines) is 1. The molecule has 0 radical (unpaired) electrons. The maximum absolute atomic E-state index is 14.8. The fourth-order valence-corrected chi connectivity index (χ4v) is 6.23. The van der Waals surface area contributed by atoms with Crippen LogP contribution in [0, 0.1) is 11.2 Å². The number of rotatable bonds is 8. The van der Waals surface area contributed by atoms with Crippen LogP contribution in [0.5, 0.6) is 0 Å². The van der Waals surface area contributed by atoms with Crippen molar-refractivity contribution >= 4 is 46.1 Å². The van der Waals surface area contributed by atoms with Gasteiger partial charge in [0, 0.05) is 48.3 Å². The predicted octanol–water partition coefficient (Wildman–Crippen LogP) is 4.49. The maximum Gasteiger partial charge on any atom is 0.269 e. The number of anilines is 1. The van der Waals surface area contributed by atoms with E-state index in [4.69, 9.17) is 5.73 Å². The smallest absolute Gasteiger partial charge is 0.269 e. The van der Waals surface area contributed by atoms with Crippen molar-refractivity contribution < 1.29 is 18.4 Å².